The first-order valence-electron chi connectivity index (χ1n) is 6.60. The van der Waals surface area contributed by atoms with Crippen molar-refractivity contribution >= 4 is 27.7 Å². The second kappa shape index (κ2) is 3.94. The molecule has 1 aliphatic rings. The van der Waals surface area contributed by atoms with Crippen LogP contribution in [0.15, 0.2) is 70.7 Å². The number of hydrogen-bond donors (Lipinski definition) is 0. The quantitative estimate of drug-likeness (QED) is 0.625. The average molecular weight is 259 g/mol. The van der Waals surface area contributed by atoms with Gasteiger partial charge in [-0.2, -0.15) is 0 Å². The van der Waals surface area contributed by atoms with Gasteiger partial charge in [-0.1, -0.05) is 31.4 Å². The van der Waals surface area contributed by atoms with Gasteiger partial charge < -0.3 is 4.42 Å². The Morgan fingerprint density at radius 3 is 2.80 bits per heavy atom. The lowest BCUT2D eigenvalue weighted by Gasteiger charge is -2.15. The monoisotopic (exact) mass is 259 g/mol. The molecule has 0 radical (unpaired) electrons. The lowest BCUT2D eigenvalue weighted by Crippen LogP contribution is -2.08. The first-order valence-corrected chi connectivity index (χ1v) is 6.60. The first-order chi connectivity index (χ1) is 9.76. The van der Waals surface area contributed by atoms with Gasteiger partial charge in [0.05, 0.1) is 5.71 Å². The Kier molecular flexibility index (Phi) is 2.21. The molecule has 2 heterocycles. The summed E-state index contributed by atoms with van der Waals surface area (Å²) in [5.74, 6) is 0. The van der Waals surface area contributed by atoms with Crippen LogP contribution in [0.4, 0.5) is 0 Å². The van der Waals surface area contributed by atoms with Crippen molar-refractivity contribution in [3.63, 3.8) is 0 Å². The average Bonchev–Trinajstić information content (AvgIpc) is 2.81. The highest BCUT2D eigenvalue weighted by Crippen LogP contribution is 2.33. The van der Waals surface area contributed by atoms with Gasteiger partial charge >= 0.3 is 0 Å². The molecule has 0 fully saturated rings. The van der Waals surface area contributed by atoms with Crippen LogP contribution in [0.5, 0.6) is 0 Å². The molecule has 0 saturated heterocycles. The van der Waals surface area contributed by atoms with E-state index in [0.717, 1.165) is 45.3 Å². The van der Waals surface area contributed by atoms with Crippen molar-refractivity contribution in [1.29, 1.82) is 0 Å². The number of benzene rings is 2. The van der Waals surface area contributed by atoms with Crippen molar-refractivity contribution in [1.82, 2.24) is 0 Å². The normalized spacial score (nSPS) is 14.4. The summed E-state index contributed by atoms with van der Waals surface area (Å²) in [6, 6.07) is 12.4. The molecule has 20 heavy (non-hydrogen) atoms. The zero-order valence-electron chi connectivity index (χ0n) is 11.0. The third-order valence-corrected chi connectivity index (χ3v) is 3.74. The Labute approximate surface area is 116 Å². The van der Waals surface area contributed by atoms with E-state index in [0.29, 0.717) is 0 Å². The molecule has 2 heteroatoms. The number of furan rings is 1. The number of nitrogens with zero attached hydrogens (tertiary/aromatic N) is 1. The van der Waals surface area contributed by atoms with Crippen molar-refractivity contribution in [2.24, 2.45) is 4.99 Å². The topological polar surface area (TPSA) is 25.5 Å². The molecular formula is C18H13NO. The van der Waals surface area contributed by atoms with Crippen LogP contribution in [-0.2, 0) is 6.42 Å². The van der Waals surface area contributed by atoms with Crippen molar-refractivity contribution in [3.05, 3.63) is 72.5 Å². The SMILES string of the molecule is C=CC1=NC(=C)Cc2cc3oc4ccccc4c3cc21. The van der Waals surface area contributed by atoms with E-state index in [1.807, 2.05) is 18.2 Å². The third-order valence-electron chi connectivity index (χ3n) is 3.74. The number of hydrogen-bond acceptors (Lipinski definition) is 2. The lowest BCUT2D eigenvalue weighted by molar-refractivity contribution is 0.668. The molecule has 0 N–H and O–H groups in total. The molecule has 2 nitrogen and oxygen atoms in total. The summed E-state index contributed by atoms with van der Waals surface area (Å²) in [5.41, 5.74) is 5.92. The number of fused-ring (bicyclic) bond motifs is 4. The van der Waals surface area contributed by atoms with E-state index in [2.05, 4.69) is 36.3 Å². The molecule has 3 aromatic rings. The fourth-order valence-corrected chi connectivity index (χ4v) is 2.84. The highest BCUT2D eigenvalue weighted by Gasteiger charge is 2.17. The van der Waals surface area contributed by atoms with E-state index in [1.54, 1.807) is 6.08 Å². The maximum atomic E-state index is 5.93. The third kappa shape index (κ3) is 1.48. The summed E-state index contributed by atoms with van der Waals surface area (Å²) in [7, 11) is 0. The van der Waals surface area contributed by atoms with Crippen LogP contribution >= 0.6 is 0 Å². The van der Waals surface area contributed by atoms with Gasteiger partial charge in [0.25, 0.3) is 0 Å². The van der Waals surface area contributed by atoms with Crippen LogP contribution < -0.4 is 0 Å². The minimum atomic E-state index is 0.764. The Morgan fingerprint density at radius 2 is 1.95 bits per heavy atom. The van der Waals surface area contributed by atoms with Gasteiger partial charge in [-0.3, -0.25) is 4.99 Å². The van der Waals surface area contributed by atoms with E-state index in [1.165, 1.54) is 5.56 Å². The second-order valence-corrected chi connectivity index (χ2v) is 5.05. The fraction of sp³-hybridized carbons (Fsp3) is 0.0556. The molecule has 1 aromatic heterocycles. The summed E-state index contributed by atoms with van der Waals surface area (Å²) < 4.78 is 5.93. The smallest absolute Gasteiger partial charge is 0.135 e. The number of para-hydroxylation sites is 1. The highest BCUT2D eigenvalue weighted by molar-refractivity contribution is 6.15. The van der Waals surface area contributed by atoms with Crippen LogP contribution in [0.1, 0.15) is 11.1 Å². The van der Waals surface area contributed by atoms with Gasteiger partial charge in [0.1, 0.15) is 11.2 Å². The Morgan fingerprint density at radius 1 is 1.10 bits per heavy atom. The lowest BCUT2D eigenvalue weighted by atomic mass is 9.94. The summed E-state index contributed by atoms with van der Waals surface area (Å²) in [6.07, 6.45) is 2.55. The Hall–Kier alpha value is -2.61. The summed E-state index contributed by atoms with van der Waals surface area (Å²) in [5, 5.41) is 2.26. The summed E-state index contributed by atoms with van der Waals surface area (Å²) >= 11 is 0. The predicted molar refractivity (Wildman–Crippen MR) is 83.3 cm³/mol. The van der Waals surface area contributed by atoms with Gasteiger partial charge in [0, 0.05) is 28.5 Å². The molecule has 0 amide bonds. The molecule has 0 spiro atoms. The van der Waals surface area contributed by atoms with E-state index < -0.39 is 0 Å². The first kappa shape index (κ1) is 11.2. The van der Waals surface area contributed by atoms with Gasteiger partial charge in [-0.05, 0) is 29.8 Å². The molecule has 0 unspecified atom stereocenters. The maximum Gasteiger partial charge on any atom is 0.135 e. The van der Waals surface area contributed by atoms with Crippen LogP contribution in [0.25, 0.3) is 21.9 Å². The summed E-state index contributed by atoms with van der Waals surface area (Å²) in [4.78, 5) is 4.49. The van der Waals surface area contributed by atoms with Gasteiger partial charge in [-0.25, -0.2) is 0 Å². The Balaban J connectivity index is 2.11. The minimum Gasteiger partial charge on any atom is -0.456 e. The van der Waals surface area contributed by atoms with Crippen molar-refractivity contribution in [2.45, 2.75) is 6.42 Å². The van der Waals surface area contributed by atoms with Gasteiger partial charge in [0.2, 0.25) is 0 Å². The predicted octanol–water partition coefficient (Wildman–Crippen LogP) is 4.63. The van der Waals surface area contributed by atoms with E-state index >= 15 is 0 Å². The van der Waals surface area contributed by atoms with Crippen molar-refractivity contribution in [3.8, 4) is 0 Å². The summed E-state index contributed by atoms with van der Waals surface area (Å²) in [6.45, 7) is 7.82. The number of rotatable bonds is 1. The molecule has 1 aliphatic heterocycles. The highest BCUT2D eigenvalue weighted by atomic mass is 16.3. The van der Waals surface area contributed by atoms with Crippen LogP contribution in [0.2, 0.25) is 0 Å². The maximum absolute atomic E-state index is 5.93. The van der Waals surface area contributed by atoms with Crippen LogP contribution in [-0.4, -0.2) is 5.71 Å². The van der Waals surface area contributed by atoms with Gasteiger partial charge in [0.15, 0.2) is 0 Å². The fourth-order valence-electron chi connectivity index (χ4n) is 2.84. The van der Waals surface area contributed by atoms with E-state index in [4.69, 9.17) is 4.42 Å². The number of aliphatic imine (C=N–C) groups is 1. The molecule has 0 aliphatic carbocycles. The van der Waals surface area contributed by atoms with Gasteiger partial charge in [-0.15, -0.1) is 0 Å². The molecule has 0 saturated carbocycles. The van der Waals surface area contributed by atoms with Crippen molar-refractivity contribution < 1.29 is 4.42 Å². The molecular weight excluding hydrogens is 246 g/mol. The van der Waals surface area contributed by atoms with E-state index in [9.17, 15) is 0 Å². The number of allylic oxidation sites excluding steroid dienone is 2. The minimum absolute atomic E-state index is 0.764. The standard InChI is InChI=1S/C18H13NO/c1-3-16-14-10-15-13-6-4-5-7-17(13)20-18(15)9-12(14)8-11(2)19-16/h3-7,9-10H,1-2,8H2. The van der Waals surface area contributed by atoms with E-state index in [-0.39, 0.29) is 0 Å². The zero-order valence-corrected chi connectivity index (χ0v) is 11.0. The molecule has 0 bridgehead atoms. The van der Waals surface area contributed by atoms with Crippen LogP contribution in [0.3, 0.4) is 0 Å². The molecule has 4 rings (SSSR count). The molecule has 96 valence electrons. The largest absolute Gasteiger partial charge is 0.456 e. The second-order valence-electron chi connectivity index (χ2n) is 5.05. The van der Waals surface area contributed by atoms with Crippen molar-refractivity contribution in [2.75, 3.05) is 0 Å². The molecule has 0 atom stereocenters. The zero-order chi connectivity index (χ0) is 13.7. The van der Waals surface area contributed by atoms with Crippen LogP contribution in [0, 0.1) is 0 Å². The Bertz CT molecular complexity index is 912. The molecule has 2 aromatic carbocycles.